The summed E-state index contributed by atoms with van der Waals surface area (Å²) in [5.41, 5.74) is 0.628. The molecule has 4 aromatic rings. The van der Waals surface area contributed by atoms with Crippen LogP contribution in [0.2, 0.25) is 5.02 Å². The van der Waals surface area contributed by atoms with Gasteiger partial charge in [0.1, 0.15) is 17.2 Å². The number of imide groups is 1. The van der Waals surface area contributed by atoms with Crippen molar-refractivity contribution in [1.29, 1.82) is 0 Å². The number of halogens is 2. The van der Waals surface area contributed by atoms with Gasteiger partial charge in [-0.2, -0.15) is 0 Å². The molecule has 38 heavy (non-hydrogen) atoms. The summed E-state index contributed by atoms with van der Waals surface area (Å²) in [7, 11) is 0. The Morgan fingerprint density at radius 1 is 1.00 bits per heavy atom. The van der Waals surface area contributed by atoms with Gasteiger partial charge in [-0.05, 0) is 42.3 Å². The molecule has 1 N–H and O–H groups in total. The van der Waals surface area contributed by atoms with Crippen LogP contribution in [0.1, 0.15) is 25.2 Å². The Balaban J connectivity index is 1.53. The molecule has 4 heterocycles. The number of anilines is 1. The van der Waals surface area contributed by atoms with Crippen molar-refractivity contribution in [1.82, 2.24) is 14.9 Å². The monoisotopic (exact) mass is 528 g/mol. The van der Waals surface area contributed by atoms with Crippen molar-refractivity contribution in [2.45, 2.75) is 25.4 Å². The first-order chi connectivity index (χ1) is 18.3. The summed E-state index contributed by atoms with van der Waals surface area (Å²) in [6.07, 6.45) is 0. The predicted octanol–water partition coefficient (Wildman–Crippen LogP) is 4.17. The third-order valence-corrected chi connectivity index (χ3v) is 8.47. The molecular weight excluding hydrogens is 507 g/mol. The van der Waals surface area contributed by atoms with Crippen LogP contribution in [0.25, 0.3) is 16.6 Å². The van der Waals surface area contributed by atoms with Crippen molar-refractivity contribution < 1.29 is 14.0 Å². The van der Waals surface area contributed by atoms with E-state index in [4.69, 9.17) is 16.6 Å². The summed E-state index contributed by atoms with van der Waals surface area (Å²) in [6.45, 7) is 3.98. The molecule has 7 nitrogen and oxygen atoms in total. The van der Waals surface area contributed by atoms with Gasteiger partial charge in [0, 0.05) is 11.6 Å². The quantitative estimate of drug-likeness (QED) is 0.395. The highest BCUT2D eigenvalue weighted by atomic mass is 35.5. The Labute approximate surface area is 221 Å². The molecule has 3 aromatic carbocycles. The van der Waals surface area contributed by atoms with Crippen molar-refractivity contribution >= 4 is 40.0 Å². The second-order valence-electron chi connectivity index (χ2n) is 10.4. The molecule has 4 atom stereocenters. The first kappa shape index (κ1) is 23.3. The molecule has 0 bridgehead atoms. The van der Waals surface area contributed by atoms with Crippen molar-refractivity contribution in [2.24, 2.45) is 17.8 Å². The average molecular weight is 529 g/mol. The molecule has 0 saturated carbocycles. The number of nitrogens with zero attached hydrogens (tertiary/aromatic N) is 3. The van der Waals surface area contributed by atoms with Crippen molar-refractivity contribution in [3.05, 3.63) is 99.3 Å². The van der Waals surface area contributed by atoms with Crippen molar-refractivity contribution in [3.63, 3.8) is 0 Å². The van der Waals surface area contributed by atoms with Gasteiger partial charge >= 0.3 is 0 Å². The number of fused-ring (bicyclic) bond motifs is 8. The first-order valence-electron chi connectivity index (χ1n) is 12.5. The minimum atomic E-state index is -1.22. The third kappa shape index (κ3) is 2.76. The van der Waals surface area contributed by atoms with Crippen LogP contribution in [0.5, 0.6) is 0 Å². The predicted molar refractivity (Wildman–Crippen MR) is 141 cm³/mol. The lowest BCUT2D eigenvalue weighted by molar-refractivity contribution is -0.123. The standard InChI is InChI=1S/C29H22ClFN4O3/c1-14(2)24-22-23(27(38)34(26(22)37)15-11-12-19(31)18(30)13-15)29(33-24)17-8-4-6-10-21(17)35-25(36)16-7-3-5-9-20(16)32-28(29)35/h3-14,22-24,33H,1-2H3/t22-,23-,24+,29-/m1/s1. The lowest BCUT2D eigenvalue weighted by atomic mass is 9.75. The summed E-state index contributed by atoms with van der Waals surface area (Å²) in [5, 5.41) is 3.94. The maximum Gasteiger partial charge on any atom is 0.266 e. The molecule has 2 saturated heterocycles. The fourth-order valence-corrected chi connectivity index (χ4v) is 6.78. The Morgan fingerprint density at radius 2 is 1.74 bits per heavy atom. The van der Waals surface area contributed by atoms with Gasteiger partial charge in [-0.3, -0.25) is 24.3 Å². The average Bonchev–Trinajstić information content (AvgIpc) is 3.50. The van der Waals surface area contributed by atoms with Gasteiger partial charge in [-0.25, -0.2) is 14.3 Å². The lowest BCUT2D eigenvalue weighted by Crippen LogP contribution is -2.51. The largest absolute Gasteiger partial charge is 0.296 e. The highest BCUT2D eigenvalue weighted by Crippen LogP contribution is 2.56. The maximum absolute atomic E-state index is 14.3. The zero-order valence-corrected chi connectivity index (χ0v) is 21.2. The second kappa shape index (κ2) is 7.82. The summed E-state index contributed by atoms with van der Waals surface area (Å²) in [6, 6.07) is 18.0. The number of nitrogens with one attached hydrogen (secondary N) is 1. The Hall–Kier alpha value is -3.88. The zero-order chi connectivity index (χ0) is 26.5. The normalized spacial score (nSPS) is 25.5. The molecular formula is C29H22ClFN4O3. The summed E-state index contributed by atoms with van der Waals surface area (Å²) in [4.78, 5) is 48.2. The van der Waals surface area contributed by atoms with E-state index in [2.05, 4.69) is 5.32 Å². The molecule has 190 valence electrons. The number of hydrogen-bond acceptors (Lipinski definition) is 5. The first-order valence-corrected chi connectivity index (χ1v) is 12.9. The molecule has 3 aliphatic rings. The van der Waals surface area contributed by atoms with Crippen LogP contribution in [0, 0.1) is 23.6 Å². The van der Waals surface area contributed by atoms with Crippen LogP contribution in [0.4, 0.5) is 10.1 Å². The number of hydrogen-bond donors (Lipinski definition) is 1. The number of amides is 2. The van der Waals surface area contributed by atoms with Gasteiger partial charge in [0.15, 0.2) is 0 Å². The van der Waals surface area contributed by atoms with Crippen LogP contribution in [0.3, 0.4) is 0 Å². The van der Waals surface area contributed by atoms with E-state index < -0.39 is 29.1 Å². The number of carbonyl (C=O) groups excluding carboxylic acids is 2. The van der Waals surface area contributed by atoms with Crippen molar-refractivity contribution in [3.8, 4) is 5.69 Å². The van der Waals surface area contributed by atoms with E-state index in [0.717, 1.165) is 16.5 Å². The van der Waals surface area contributed by atoms with Gasteiger partial charge in [-0.1, -0.05) is 55.8 Å². The number of carbonyl (C=O) groups is 2. The number of benzene rings is 3. The van der Waals surface area contributed by atoms with Crippen LogP contribution in [-0.4, -0.2) is 27.4 Å². The number of rotatable bonds is 2. The van der Waals surface area contributed by atoms with Gasteiger partial charge in [0.05, 0.1) is 39.1 Å². The molecule has 3 aliphatic heterocycles. The Kier molecular flexibility index (Phi) is 4.78. The highest BCUT2D eigenvalue weighted by molar-refractivity contribution is 6.31. The minimum absolute atomic E-state index is 0.0243. The van der Waals surface area contributed by atoms with Crippen molar-refractivity contribution in [2.75, 3.05) is 4.90 Å². The third-order valence-electron chi connectivity index (χ3n) is 8.18. The molecule has 0 aliphatic carbocycles. The minimum Gasteiger partial charge on any atom is -0.296 e. The SMILES string of the molecule is CC(C)[C@@H]1N[C@]2(c3ccccc3-n3c2nc2ccccc2c3=O)[C@H]2C(=O)N(c3ccc(F)c(Cl)c3)C(=O)[C@@H]12. The van der Waals surface area contributed by atoms with Crippen LogP contribution < -0.4 is 15.8 Å². The van der Waals surface area contributed by atoms with E-state index in [-0.39, 0.29) is 34.1 Å². The highest BCUT2D eigenvalue weighted by Gasteiger charge is 2.70. The Bertz CT molecular complexity index is 1770. The summed E-state index contributed by atoms with van der Waals surface area (Å²) in [5.74, 6) is -2.70. The number of aromatic nitrogens is 2. The maximum atomic E-state index is 14.3. The number of para-hydroxylation sites is 2. The lowest BCUT2D eigenvalue weighted by Gasteiger charge is -2.32. The molecule has 9 heteroatoms. The zero-order valence-electron chi connectivity index (χ0n) is 20.5. The van der Waals surface area contributed by atoms with E-state index in [9.17, 15) is 18.8 Å². The van der Waals surface area contributed by atoms with E-state index in [1.165, 1.54) is 12.1 Å². The smallest absolute Gasteiger partial charge is 0.266 e. The van der Waals surface area contributed by atoms with Gasteiger partial charge < -0.3 is 0 Å². The van der Waals surface area contributed by atoms with Gasteiger partial charge in [-0.15, -0.1) is 0 Å². The van der Waals surface area contributed by atoms with Crippen LogP contribution in [-0.2, 0) is 15.1 Å². The van der Waals surface area contributed by atoms with Crippen LogP contribution in [0.15, 0.2) is 71.5 Å². The van der Waals surface area contributed by atoms with E-state index >= 15 is 0 Å². The summed E-state index contributed by atoms with van der Waals surface area (Å²) < 4.78 is 15.5. The van der Waals surface area contributed by atoms with Crippen LogP contribution >= 0.6 is 11.6 Å². The fourth-order valence-electron chi connectivity index (χ4n) is 6.60. The summed E-state index contributed by atoms with van der Waals surface area (Å²) >= 11 is 6.03. The Morgan fingerprint density at radius 3 is 2.50 bits per heavy atom. The van der Waals surface area contributed by atoms with E-state index in [1.54, 1.807) is 22.8 Å². The fraction of sp³-hybridized carbons (Fsp3) is 0.241. The topological polar surface area (TPSA) is 84.3 Å². The van der Waals surface area contributed by atoms with E-state index in [0.29, 0.717) is 22.4 Å². The van der Waals surface area contributed by atoms with Gasteiger partial charge in [0.2, 0.25) is 11.8 Å². The molecule has 2 fully saturated rings. The van der Waals surface area contributed by atoms with Gasteiger partial charge in [0.25, 0.3) is 5.56 Å². The molecule has 2 amide bonds. The molecule has 7 rings (SSSR count). The second-order valence-corrected chi connectivity index (χ2v) is 10.9. The molecule has 1 aromatic heterocycles. The van der Waals surface area contributed by atoms with E-state index in [1.807, 2.05) is 44.2 Å². The molecule has 0 unspecified atom stereocenters. The molecule has 1 spiro atoms. The molecule has 0 radical (unpaired) electrons.